The number of nitrogens with zero attached hydrogens (tertiary/aromatic N) is 3. The summed E-state index contributed by atoms with van der Waals surface area (Å²) < 4.78 is 23.6. The number of hydrogen-bond acceptors (Lipinski definition) is 8. The van der Waals surface area contributed by atoms with Crippen LogP contribution in [0.2, 0.25) is 0 Å². The van der Waals surface area contributed by atoms with Crippen molar-refractivity contribution in [1.29, 1.82) is 0 Å². The number of hydrogen-bond donors (Lipinski definition) is 0. The van der Waals surface area contributed by atoms with E-state index in [1.54, 1.807) is 25.2 Å². The molecular formula is C23H27N3O5S. The molecule has 0 fully saturated rings. The van der Waals surface area contributed by atoms with Gasteiger partial charge in [-0.15, -0.1) is 0 Å². The van der Waals surface area contributed by atoms with Crippen molar-refractivity contribution in [1.82, 2.24) is 9.88 Å². The van der Waals surface area contributed by atoms with Crippen LogP contribution in [0.25, 0.3) is 10.2 Å². The number of thiazole rings is 1. The average molecular weight is 458 g/mol. The van der Waals surface area contributed by atoms with E-state index in [1.807, 2.05) is 44.4 Å². The molecule has 8 nitrogen and oxygen atoms in total. The van der Waals surface area contributed by atoms with Crippen molar-refractivity contribution in [2.75, 3.05) is 52.9 Å². The van der Waals surface area contributed by atoms with Gasteiger partial charge in [0.1, 0.15) is 28.3 Å². The minimum absolute atomic E-state index is 0.150. The number of methoxy groups -OCH3 is 2. The predicted octanol–water partition coefficient (Wildman–Crippen LogP) is 3.44. The van der Waals surface area contributed by atoms with Gasteiger partial charge in [-0.3, -0.25) is 9.69 Å². The highest BCUT2D eigenvalue weighted by Gasteiger charge is 2.33. The molecule has 9 heteroatoms. The molecular weight excluding hydrogens is 430 g/mol. The predicted molar refractivity (Wildman–Crippen MR) is 125 cm³/mol. The number of benzene rings is 2. The van der Waals surface area contributed by atoms with E-state index >= 15 is 0 Å². The second kappa shape index (κ2) is 9.62. The number of fused-ring (bicyclic) bond motifs is 2. The van der Waals surface area contributed by atoms with Gasteiger partial charge in [0.15, 0.2) is 16.6 Å². The average Bonchev–Trinajstić information content (AvgIpc) is 3.25. The summed E-state index contributed by atoms with van der Waals surface area (Å²) in [5.41, 5.74) is 0.670. The lowest BCUT2D eigenvalue weighted by molar-refractivity contribution is -0.127. The monoisotopic (exact) mass is 457 g/mol. The van der Waals surface area contributed by atoms with E-state index in [4.69, 9.17) is 23.9 Å². The quantitative estimate of drug-likeness (QED) is 0.513. The SMILES string of the molecule is COc1ccc(OC)c2sc(N(CCCN(C)C)C(=O)C3COc4ccccc4O3)nc12. The van der Waals surface area contributed by atoms with Crippen LogP contribution in [0.1, 0.15) is 6.42 Å². The highest BCUT2D eigenvalue weighted by Crippen LogP contribution is 2.40. The van der Waals surface area contributed by atoms with E-state index in [0.717, 1.165) is 17.7 Å². The molecule has 0 radical (unpaired) electrons. The summed E-state index contributed by atoms with van der Waals surface area (Å²) in [6.45, 7) is 1.49. The van der Waals surface area contributed by atoms with Crippen molar-refractivity contribution >= 4 is 32.6 Å². The summed E-state index contributed by atoms with van der Waals surface area (Å²) in [7, 11) is 7.24. The van der Waals surface area contributed by atoms with Crippen molar-refractivity contribution in [2.24, 2.45) is 0 Å². The second-order valence-corrected chi connectivity index (χ2v) is 8.63. The zero-order chi connectivity index (χ0) is 22.7. The zero-order valence-electron chi connectivity index (χ0n) is 18.7. The molecule has 1 atom stereocenters. The summed E-state index contributed by atoms with van der Waals surface area (Å²) in [5, 5.41) is 0.578. The Bertz CT molecular complexity index is 1060. The standard InChI is InChI=1S/C23H27N3O5S/c1-25(2)12-7-13-26(22(27)19-14-30-15-8-5-6-9-16(15)31-19)23-24-20-17(28-3)10-11-18(29-4)21(20)32-23/h5-6,8-11,19H,7,12-14H2,1-4H3. The van der Waals surface area contributed by atoms with Gasteiger partial charge in [-0.2, -0.15) is 0 Å². The van der Waals surface area contributed by atoms with Crippen molar-refractivity contribution in [3.05, 3.63) is 36.4 Å². The summed E-state index contributed by atoms with van der Waals surface area (Å²) in [6.07, 6.45) is 0.0349. The smallest absolute Gasteiger partial charge is 0.273 e. The largest absolute Gasteiger partial charge is 0.495 e. The van der Waals surface area contributed by atoms with Crippen molar-refractivity contribution in [3.8, 4) is 23.0 Å². The third kappa shape index (κ3) is 4.44. The van der Waals surface area contributed by atoms with Gasteiger partial charge in [0.2, 0.25) is 6.10 Å². The highest BCUT2D eigenvalue weighted by molar-refractivity contribution is 7.22. The van der Waals surface area contributed by atoms with E-state index in [0.29, 0.717) is 40.2 Å². The molecule has 0 bridgehead atoms. The first-order valence-electron chi connectivity index (χ1n) is 10.4. The first kappa shape index (κ1) is 22.2. The van der Waals surface area contributed by atoms with Gasteiger partial charge in [0.05, 0.1) is 14.2 Å². The van der Waals surface area contributed by atoms with Gasteiger partial charge >= 0.3 is 0 Å². The van der Waals surface area contributed by atoms with Crippen molar-refractivity contribution in [3.63, 3.8) is 0 Å². The molecule has 1 aliphatic heterocycles. The van der Waals surface area contributed by atoms with Crippen LogP contribution in [-0.2, 0) is 4.79 Å². The molecule has 0 N–H and O–H groups in total. The summed E-state index contributed by atoms with van der Waals surface area (Å²) in [5.74, 6) is 2.35. The summed E-state index contributed by atoms with van der Waals surface area (Å²) in [4.78, 5) is 22.1. The maximum atomic E-state index is 13.6. The minimum Gasteiger partial charge on any atom is -0.495 e. The van der Waals surface area contributed by atoms with Gasteiger partial charge in [0, 0.05) is 6.54 Å². The molecule has 0 saturated carbocycles. The molecule has 0 aliphatic carbocycles. The Labute approximate surface area is 191 Å². The summed E-state index contributed by atoms with van der Waals surface area (Å²) in [6, 6.07) is 11.0. The molecule has 1 unspecified atom stereocenters. The topological polar surface area (TPSA) is 73.4 Å². The summed E-state index contributed by atoms with van der Waals surface area (Å²) >= 11 is 1.40. The van der Waals surface area contributed by atoms with Crippen LogP contribution in [-0.4, -0.2) is 69.9 Å². The Kier molecular flexibility index (Phi) is 6.66. The van der Waals surface area contributed by atoms with E-state index < -0.39 is 6.10 Å². The molecule has 32 heavy (non-hydrogen) atoms. The minimum atomic E-state index is -0.750. The Hall–Kier alpha value is -3.04. The molecule has 2 heterocycles. The van der Waals surface area contributed by atoms with Crippen LogP contribution in [0.4, 0.5) is 5.13 Å². The van der Waals surface area contributed by atoms with E-state index in [-0.39, 0.29) is 12.5 Å². The molecule has 3 aromatic rings. The normalized spacial score (nSPS) is 15.1. The number of amides is 1. The zero-order valence-corrected chi connectivity index (χ0v) is 19.5. The van der Waals surface area contributed by atoms with E-state index in [9.17, 15) is 4.79 Å². The number of carbonyl (C=O) groups excluding carboxylic acids is 1. The van der Waals surface area contributed by atoms with Crippen molar-refractivity contribution in [2.45, 2.75) is 12.5 Å². The molecule has 2 aromatic carbocycles. The van der Waals surface area contributed by atoms with Gasteiger partial charge in [-0.25, -0.2) is 4.98 Å². The molecule has 1 amide bonds. The molecule has 4 rings (SSSR count). The molecule has 170 valence electrons. The number of ether oxygens (including phenoxy) is 4. The number of carbonyl (C=O) groups is 1. The molecule has 0 saturated heterocycles. The lowest BCUT2D eigenvalue weighted by atomic mass is 10.2. The lowest BCUT2D eigenvalue weighted by Gasteiger charge is -2.29. The van der Waals surface area contributed by atoms with Gasteiger partial charge in [-0.05, 0) is 51.3 Å². The fourth-order valence-electron chi connectivity index (χ4n) is 3.55. The first-order chi connectivity index (χ1) is 15.5. The first-order valence-corrected chi connectivity index (χ1v) is 11.2. The Morgan fingerprint density at radius 1 is 1.09 bits per heavy atom. The maximum absolute atomic E-state index is 13.6. The maximum Gasteiger partial charge on any atom is 0.273 e. The van der Waals surface area contributed by atoms with Crippen LogP contribution in [0.3, 0.4) is 0 Å². The number of rotatable bonds is 8. The number of aromatic nitrogens is 1. The van der Waals surface area contributed by atoms with Crippen LogP contribution in [0, 0.1) is 0 Å². The Morgan fingerprint density at radius 3 is 2.53 bits per heavy atom. The number of anilines is 1. The third-order valence-corrected chi connectivity index (χ3v) is 6.26. The van der Waals surface area contributed by atoms with Crippen LogP contribution >= 0.6 is 11.3 Å². The molecule has 1 aliphatic rings. The lowest BCUT2D eigenvalue weighted by Crippen LogP contribution is -2.47. The third-order valence-electron chi connectivity index (χ3n) is 5.17. The van der Waals surface area contributed by atoms with Gasteiger partial charge in [-0.1, -0.05) is 23.5 Å². The fourth-order valence-corrected chi connectivity index (χ4v) is 4.66. The van der Waals surface area contributed by atoms with E-state index in [1.165, 1.54) is 11.3 Å². The van der Waals surface area contributed by atoms with E-state index in [2.05, 4.69) is 4.90 Å². The molecule has 1 aromatic heterocycles. The van der Waals surface area contributed by atoms with Crippen LogP contribution < -0.4 is 23.8 Å². The molecule has 0 spiro atoms. The second-order valence-electron chi connectivity index (χ2n) is 7.66. The van der Waals surface area contributed by atoms with Crippen LogP contribution in [0.5, 0.6) is 23.0 Å². The Morgan fingerprint density at radius 2 is 1.81 bits per heavy atom. The van der Waals surface area contributed by atoms with Crippen molar-refractivity contribution < 1.29 is 23.7 Å². The van der Waals surface area contributed by atoms with Gasteiger partial charge < -0.3 is 23.8 Å². The number of para-hydroxylation sites is 2. The fraction of sp³-hybridized carbons (Fsp3) is 0.391. The van der Waals surface area contributed by atoms with Gasteiger partial charge in [0.25, 0.3) is 5.91 Å². The highest BCUT2D eigenvalue weighted by atomic mass is 32.1. The van der Waals surface area contributed by atoms with Crippen LogP contribution in [0.15, 0.2) is 36.4 Å². The Balaban J connectivity index is 1.67.